The summed E-state index contributed by atoms with van der Waals surface area (Å²) >= 11 is 0. The Morgan fingerprint density at radius 2 is 2.00 bits per heavy atom. The number of phenols is 1. The molecule has 8 nitrogen and oxygen atoms in total. The number of aliphatic hydroxyl groups is 1. The molecule has 3 N–H and O–H groups in total. The van der Waals surface area contributed by atoms with Crippen LogP contribution in [0.15, 0.2) is 36.4 Å². The number of fused-ring (bicyclic) bond motifs is 1. The first-order valence-corrected chi connectivity index (χ1v) is 13.7. The maximum atomic E-state index is 12.6. The van der Waals surface area contributed by atoms with Crippen LogP contribution in [0.25, 0.3) is 6.08 Å². The van der Waals surface area contributed by atoms with Gasteiger partial charge in [0.05, 0.1) is 12.3 Å². The lowest BCUT2D eigenvalue weighted by Gasteiger charge is -2.12. The molecule has 1 atom stereocenters. The maximum absolute atomic E-state index is 12.6. The monoisotopic (exact) mass is 517 g/mol. The van der Waals surface area contributed by atoms with Crippen molar-refractivity contribution >= 4 is 45.2 Å². The number of aliphatic hydroxyl groups excluding tert-OH is 1. The Hall–Kier alpha value is -2.82. The molecule has 35 heavy (non-hydrogen) atoms. The summed E-state index contributed by atoms with van der Waals surface area (Å²) in [5.74, 6) is 1.44. The number of hydrogen-bond acceptors (Lipinski definition) is 9. The topological polar surface area (TPSA) is 114 Å². The normalized spacial score (nSPS) is 16.5. The molecule has 186 valence electrons. The molecule has 0 aliphatic carbocycles. The predicted octanol–water partition coefficient (Wildman–Crippen LogP) is 4.88. The van der Waals surface area contributed by atoms with Crippen LogP contribution in [0.3, 0.4) is 0 Å². The molecule has 0 spiro atoms. The number of carbonyl (C=O) groups is 2. The van der Waals surface area contributed by atoms with Gasteiger partial charge in [0.25, 0.3) is 0 Å². The Kier molecular flexibility index (Phi) is 8.84. The van der Waals surface area contributed by atoms with Crippen molar-refractivity contribution in [3.05, 3.63) is 47.5 Å². The average molecular weight is 518 g/mol. The first kappa shape index (κ1) is 25.3. The molecule has 1 amide bonds. The fourth-order valence-corrected chi connectivity index (χ4v) is 6.69. The number of benzene rings is 2. The van der Waals surface area contributed by atoms with Gasteiger partial charge in [0, 0.05) is 41.2 Å². The minimum absolute atomic E-state index is 0.0163. The van der Waals surface area contributed by atoms with Crippen LogP contribution in [0.4, 0.5) is 5.69 Å². The van der Waals surface area contributed by atoms with E-state index in [1.807, 2.05) is 21.6 Å². The van der Waals surface area contributed by atoms with Crippen LogP contribution >= 0.6 is 21.6 Å². The zero-order valence-corrected chi connectivity index (χ0v) is 20.7. The van der Waals surface area contributed by atoms with Gasteiger partial charge >= 0.3 is 5.97 Å². The molecule has 2 heterocycles. The minimum atomic E-state index is -0.452. The molecular formula is C25H27NO7S2. The highest BCUT2D eigenvalue weighted by molar-refractivity contribution is 8.77. The number of amides is 1. The fraction of sp³-hybridized carbons (Fsp3) is 0.360. The summed E-state index contributed by atoms with van der Waals surface area (Å²) in [5, 5.41) is 22.4. The lowest BCUT2D eigenvalue weighted by atomic mass is 10.1. The highest BCUT2D eigenvalue weighted by atomic mass is 33.1. The minimum Gasteiger partial charge on any atom is -0.508 e. The van der Waals surface area contributed by atoms with E-state index in [0.29, 0.717) is 40.0 Å². The molecular weight excluding hydrogens is 490 g/mol. The number of hydrogen-bond donors (Lipinski definition) is 3. The van der Waals surface area contributed by atoms with Crippen LogP contribution in [0.2, 0.25) is 0 Å². The maximum Gasteiger partial charge on any atom is 0.311 e. The van der Waals surface area contributed by atoms with Crippen LogP contribution in [0, 0.1) is 0 Å². The van der Waals surface area contributed by atoms with E-state index < -0.39 is 5.91 Å². The molecule has 1 saturated heterocycles. The van der Waals surface area contributed by atoms with E-state index in [1.54, 1.807) is 30.3 Å². The lowest BCUT2D eigenvalue weighted by Crippen LogP contribution is -2.13. The molecule has 0 aromatic heterocycles. The van der Waals surface area contributed by atoms with Crippen molar-refractivity contribution in [3.63, 3.8) is 0 Å². The summed E-state index contributed by atoms with van der Waals surface area (Å²) in [7, 11) is 3.85. The Morgan fingerprint density at radius 1 is 1.17 bits per heavy atom. The van der Waals surface area contributed by atoms with Crippen molar-refractivity contribution in [2.24, 2.45) is 0 Å². The number of ether oxygens (including phenoxy) is 3. The highest BCUT2D eigenvalue weighted by Gasteiger charge is 2.21. The van der Waals surface area contributed by atoms with Crippen LogP contribution in [-0.4, -0.2) is 39.9 Å². The van der Waals surface area contributed by atoms with Gasteiger partial charge in [-0.05, 0) is 43.0 Å². The second-order valence-corrected chi connectivity index (χ2v) is 10.9. The molecule has 10 heteroatoms. The molecule has 2 aliphatic heterocycles. The van der Waals surface area contributed by atoms with E-state index >= 15 is 0 Å². The Labute approximate surface area is 211 Å². The van der Waals surface area contributed by atoms with Gasteiger partial charge in [0.15, 0.2) is 17.2 Å². The average Bonchev–Trinajstić information content (AvgIpc) is 3.53. The van der Waals surface area contributed by atoms with Crippen LogP contribution in [0.5, 0.6) is 23.0 Å². The molecule has 1 unspecified atom stereocenters. The first-order valence-electron chi connectivity index (χ1n) is 11.4. The quantitative estimate of drug-likeness (QED) is 0.133. The molecule has 2 aliphatic rings. The SMILES string of the molecule is O=C(C=Cc1ccc(O)c(CO)c1)Nc1cc2c(cc1OC(=O)CCCCC1CCSS1)OCO2. The van der Waals surface area contributed by atoms with Crippen LogP contribution in [-0.2, 0) is 16.2 Å². The number of esters is 1. The number of carbonyl (C=O) groups excluding carboxylic acids is 2. The third kappa shape index (κ3) is 7.09. The van der Waals surface area contributed by atoms with Crippen molar-refractivity contribution < 1.29 is 34.0 Å². The zero-order valence-electron chi connectivity index (χ0n) is 19.0. The number of aromatic hydroxyl groups is 1. The van der Waals surface area contributed by atoms with Gasteiger partial charge in [0.2, 0.25) is 12.7 Å². The molecule has 0 saturated carbocycles. The molecule has 0 radical (unpaired) electrons. The van der Waals surface area contributed by atoms with E-state index in [4.69, 9.17) is 14.2 Å². The predicted molar refractivity (Wildman–Crippen MR) is 137 cm³/mol. The van der Waals surface area contributed by atoms with Gasteiger partial charge in [-0.15, -0.1) is 0 Å². The van der Waals surface area contributed by atoms with Crippen molar-refractivity contribution in [2.45, 2.75) is 44.0 Å². The molecule has 4 rings (SSSR count). The fourth-order valence-electron chi connectivity index (χ4n) is 3.67. The molecule has 2 aromatic rings. The summed E-state index contributed by atoms with van der Waals surface area (Å²) in [6.07, 6.45) is 7.19. The van der Waals surface area contributed by atoms with Crippen molar-refractivity contribution in [2.75, 3.05) is 17.9 Å². The molecule has 1 fully saturated rings. The largest absolute Gasteiger partial charge is 0.508 e. The number of unbranched alkanes of at least 4 members (excludes halogenated alkanes) is 1. The lowest BCUT2D eigenvalue weighted by molar-refractivity contribution is -0.134. The van der Waals surface area contributed by atoms with Gasteiger partial charge in [-0.2, -0.15) is 0 Å². The van der Waals surface area contributed by atoms with E-state index in [2.05, 4.69) is 5.32 Å². The van der Waals surface area contributed by atoms with Crippen molar-refractivity contribution in [3.8, 4) is 23.0 Å². The molecule has 0 bridgehead atoms. The van der Waals surface area contributed by atoms with E-state index in [-0.39, 0.29) is 30.9 Å². The zero-order chi connectivity index (χ0) is 24.6. The van der Waals surface area contributed by atoms with E-state index in [0.717, 1.165) is 19.3 Å². The molecule has 2 aromatic carbocycles. The third-order valence-corrected chi connectivity index (χ3v) is 8.55. The summed E-state index contributed by atoms with van der Waals surface area (Å²) in [4.78, 5) is 25.0. The second-order valence-electron chi connectivity index (χ2n) is 8.12. The summed E-state index contributed by atoms with van der Waals surface area (Å²) in [5.41, 5.74) is 1.28. The standard InChI is InChI=1S/C25H27NO7S2/c27-14-17-11-16(5-7-20(17)28)6-8-24(29)26-19-12-22-23(32-15-31-22)13-21(19)33-25(30)4-2-1-3-18-9-10-34-35-18/h5-8,11-13,18,27-28H,1-4,9-10,14-15H2,(H,26,29). The van der Waals surface area contributed by atoms with E-state index in [9.17, 15) is 19.8 Å². The summed E-state index contributed by atoms with van der Waals surface area (Å²) in [6.45, 7) is -0.268. The van der Waals surface area contributed by atoms with Gasteiger partial charge < -0.3 is 29.7 Å². The number of anilines is 1. The third-order valence-electron chi connectivity index (χ3n) is 5.54. The van der Waals surface area contributed by atoms with Crippen LogP contribution < -0.4 is 19.5 Å². The van der Waals surface area contributed by atoms with Gasteiger partial charge in [-0.3, -0.25) is 9.59 Å². The van der Waals surface area contributed by atoms with E-state index in [1.165, 1.54) is 24.3 Å². The van der Waals surface area contributed by atoms with Crippen molar-refractivity contribution in [1.29, 1.82) is 0 Å². The summed E-state index contributed by atoms with van der Waals surface area (Å²) < 4.78 is 16.4. The number of nitrogens with one attached hydrogen (secondary N) is 1. The smallest absolute Gasteiger partial charge is 0.311 e. The second kappa shape index (κ2) is 12.2. The Bertz CT molecular complexity index is 1100. The Morgan fingerprint density at radius 3 is 2.77 bits per heavy atom. The van der Waals surface area contributed by atoms with Gasteiger partial charge in [0.1, 0.15) is 5.75 Å². The number of rotatable bonds is 10. The van der Waals surface area contributed by atoms with Gasteiger partial charge in [-0.1, -0.05) is 34.1 Å². The Balaban J connectivity index is 1.37. The first-order chi connectivity index (χ1) is 17.0. The van der Waals surface area contributed by atoms with Crippen molar-refractivity contribution in [1.82, 2.24) is 0 Å². The highest BCUT2D eigenvalue weighted by Crippen LogP contribution is 2.41. The van der Waals surface area contributed by atoms with Crippen LogP contribution in [0.1, 0.15) is 43.2 Å². The summed E-state index contributed by atoms with van der Waals surface area (Å²) in [6, 6.07) is 7.76. The van der Waals surface area contributed by atoms with Gasteiger partial charge in [-0.25, -0.2) is 0 Å².